The van der Waals surface area contributed by atoms with Gasteiger partial charge in [0.25, 0.3) is 5.91 Å². The summed E-state index contributed by atoms with van der Waals surface area (Å²) in [6, 6.07) is 16.9. The van der Waals surface area contributed by atoms with Crippen molar-refractivity contribution in [3.8, 4) is 5.69 Å². The zero-order chi connectivity index (χ0) is 22.0. The summed E-state index contributed by atoms with van der Waals surface area (Å²) in [5.41, 5.74) is 0.771. The quantitative estimate of drug-likeness (QED) is 0.702. The number of carbonyl (C=O) groups is 1. The molecule has 1 N–H and O–H groups in total. The predicted octanol–water partition coefficient (Wildman–Crippen LogP) is 3.27. The van der Waals surface area contributed by atoms with Crippen molar-refractivity contribution >= 4 is 5.91 Å². The molecule has 1 aliphatic rings. The van der Waals surface area contributed by atoms with Crippen LogP contribution in [0.4, 0.5) is 4.39 Å². The van der Waals surface area contributed by atoms with Crippen LogP contribution >= 0.6 is 0 Å². The van der Waals surface area contributed by atoms with Gasteiger partial charge in [0.2, 0.25) is 5.43 Å². The highest BCUT2D eigenvalue weighted by molar-refractivity contribution is 5.92. The molecule has 2 aromatic carbocycles. The summed E-state index contributed by atoms with van der Waals surface area (Å²) in [6.07, 6.45) is 0.652. The van der Waals surface area contributed by atoms with Crippen LogP contribution in [0.25, 0.3) is 5.69 Å². The molecule has 7 heteroatoms. The van der Waals surface area contributed by atoms with Crippen LogP contribution in [0.15, 0.2) is 65.5 Å². The van der Waals surface area contributed by atoms with Crippen molar-refractivity contribution in [3.63, 3.8) is 0 Å². The molecule has 0 spiro atoms. The third kappa shape index (κ3) is 4.27. The standard InChI is InChI=1S/C24H24FN3O3/c1-16-15-21(29)22(26-28(16)20-10-6-5-9-19(20)25)24(31)27-13-11-18(12-14-27)23(30)17-7-3-2-4-8-17/h2-10,15,18,23,30H,11-14H2,1H3/t23-/m1/s1. The van der Waals surface area contributed by atoms with Gasteiger partial charge in [0, 0.05) is 24.8 Å². The first-order valence-electron chi connectivity index (χ1n) is 10.3. The number of hydrogen-bond donors (Lipinski definition) is 1. The summed E-state index contributed by atoms with van der Waals surface area (Å²) in [5.74, 6) is -0.925. The van der Waals surface area contributed by atoms with Crippen LogP contribution in [-0.4, -0.2) is 38.8 Å². The van der Waals surface area contributed by atoms with Gasteiger partial charge in [-0.15, -0.1) is 0 Å². The lowest BCUT2D eigenvalue weighted by atomic mass is 9.87. The lowest BCUT2D eigenvalue weighted by Gasteiger charge is -2.34. The number of piperidine rings is 1. The first kappa shape index (κ1) is 20.9. The molecule has 0 unspecified atom stereocenters. The number of likely N-dealkylation sites (tertiary alicyclic amines) is 1. The van der Waals surface area contributed by atoms with E-state index in [0.717, 1.165) is 5.56 Å². The lowest BCUT2D eigenvalue weighted by molar-refractivity contribution is 0.0456. The minimum atomic E-state index is -0.589. The van der Waals surface area contributed by atoms with Crippen molar-refractivity contribution in [3.05, 3.63) is 93.7 Å². The van der Waals surface area contributed by atoms with Crippen LogP contribution in [0.2, 0.25) is 0 Å². The number of aromatic nitrogens is 2. The summed E-state index contributed by atoms with van der Waals surface area (Å²) in [4.78, 5) is 27.1. The zero-order valence-electron chi connectivity index (χ0n) is 17.2. The number of aryl methyl sites for hydroxylation is 1. The van der Waals surface area contributed by atoms with Gasteiger partial charge in [-0.1, -0.05) is 42.5 Å². The third-order valence-electron chi connectivity index (χ3n) is 5.81. The van der Waals surface area contributed by atoms with E-state index < -0.39 is 23.3 Å². The Hall–Kier alpha value is -3.32. The molecule has 31 heavy (non-hydrogen) atoms. The topological polar surface area (TPSA) is 75.4 Å². The molecule has 1 aromatic heterocycles. The van der Waals surface area contributed by atoms with Gasteiger partial charge in [0.15, 0.2) is 5.69 Å². The van der Waals surface area contributed by atoms with E-state index in [9.17, 15) is 19.1 Å². The fourth-order valence-electron chi connectivity index (χ4n) is 4.05. The number of amides is 1. The highest BCUT2D eigenvalue weighted by atomic mass is 19.1. The lowest BCUT2D eigenvalue weighted by Crippen LogP contribution is -2.42. The van der Waals surface area contributed by atoms with Gasteiger partial charge in [-0.25, -0.2) is 9.07 Å². The van der Waals surface area contributed by atoms with Crippen molar-refractivity contribution in [2.45, 2.75) is 25.9 Å². The Labute approximate surface area is 179 Å². The van der Waals surface area contributed by atoms with Gasteiger partial charge >= 0.3 is 0 Å². The molecule has 0 bridgehead atoms. The Morgan fingerprint density at radius 1 is 1.10 bits per heavy atom. The monoisotopic (exact) mass is 421 g/mol. The molecule has 0 saturated carbocycles. The molecule has 160 valence electrons. The molecular weight excluding hydrogens is 397 g/mol. The minimum Gasteiger partial charge on any atom is -0.388 e. The molecule has 4 rings (SSSR count). The third-order valence-corrected chi connectivity index (χ3v) is 5.81. The molecule has 0 aliphatic carbocycles. The summed E-state index contributed by atoms with van der Waals surface area (Å²) in [6.45, 7) is 2.48. The van der Waals surface area contributed by atoms with Crippen molar-refractivity contribution in [1.29, 1.82) is 0 Å². The van der Waals surface area contributed by atoms with E-state index in [-0.39, 0.29) is 17.3 Å². The maximum absolute atomic E-state index is 14.2. The molecule has 1 atom stereocenters. The number of benzene rings is 2. The second-order valence-corrected chi connectivity index (χ2v) is 7.85. The van der Waals surface area contributed by atoms with Crippen LogP contribution in [0.3, 0.4) is 0 Å². The van der Waals surface area contributed by atoms with Crippen LogP contribution in [-0.2, 0) is 0 Å². The van der Waals surface area contributed by atoms with Crippen LogP contribution < -0.4 is 5.43 Å². The molecule has 3 aromatic rings. The van der Waals surface area contributed by atoms with E-state index in [2.05, 4.69) is 5.10 Å². The molecule has 1 amide bonds. The van der Waals surface area contributed by atoms with Gasteiger partial charge in [-0.05, 0) is 43.4 Å². The number of para-hydroxylation sites is 1. The van der Waals surface area contributed by atoms with E-state index in [1.54, 1.807) is 30.0 Å². The Kier molecular flexibility index (Phi) is 5.95. The molecule has 1 fully saturated rings. The number of hydrogen-bond acceptors (Lipinski definition) is 4. The number of halogens is 1. The summed E-state index contributed by atoms with van der Waals surface area (Å²) >= 11 is 0. The highest BCUT2D eigenvalue weighted by Gasteiger charge is 2.30. The first-order chi connectivity index (χ1) is 15.0. The van der Waals surface area contributed by atoms with Gasteiger partial charge in [0.05, 0.1) is 6.10 Å². The van der Waals surface area contributed by atoms with Crippen molar-refractivity contribution < 1.29 is 14.3 Å². The SMILES string of the molecule is Cc1cc(=O)c(C(=O)N2CCC([C@H](O)c3ccccc3)CC2)nn1-c1ccccc1F. The Bertz CT molecular complexity index is 1140. The van der Waals surface area contributed by atoms with E-state index in [0.29, 0.717) is 31.6 Å². The number of rotatable bonds is 4. The maximum Gasteiger partial charge on any atom is 0.278 e. The second kappa shape index (κ2) is 8.81. The van der Waals surface area contributed by atoms with Gasteiger partial charge < -0.3 is 10.0 Å². The van der Waals surface area contributed by atoms with Crippen LogP contribution in [0.1, 0.15) is 40.7 Å². The smallest absolute Gasteiger partial charge is 0.278 e. The van der Waals surface area contributed by atoms with Crippen molar-refractivity contribution in [2.75, 3.05) is 13.1 Å². The van der Waals surface area contributed by atoms with Crippen LogP contribution in [0.5, 0.6) is 0 Å². The Morgan fingerprint density at radius 3 is 2.42 bits per heavy atom. The van der Waals surface area contributed by atoms with E-state index >= 15 is 0 Å². The average Bonchev–Trinajstić information content (AvgIpc) is 2.80. The summed E-state index contributed by atoms with van der Waals surface area (Å²) < 4.78 is 15.5. The maximum atomic E-state index is 14.2. The Balaban J connectivity index is 1.52. The van der Waals surface area contributed by atoms with E-state index in [1.807, 2.05) is 30.3 Å². The molecule has 2 heterocycles. The highest BCUT2D eigenvalue weighted by Crippen LogP contribution is 2.30. The number of carbonyl (C=O) groups excluding carboxylic acids is 1. The predicted molar refractivity (Wildman–Crippen MR) is 115 cm³/mol. The molecular formula is C24H24FN3O3. The Morgan fingerprint density at radius 2 is 1.74 bits per heavy atom. The second-order valence-electron chi connectivity index (χ2n) is 7.85. The molecule has 1 saturated heterocycles. The average molecular weight is 421 g/mol. The number of nitrogens with zero attached hydrogens (tertiary/aromatic N) is 3. The number of aliphatic hydroxyl groups is 1. The largest absolute Gasteiger partial charge is 0.388 e. The number of aliphatic hydroxyl groups excluding tert-OH is 1. The van der Waals surface area contributed by atoms with E-state index in [1.165, 1.54) is 16.8 Å². The van der Waals surface area contributed by atoms with E-state index in [4.69, 9.17) is 0 Å². The fourth-order valence-corrected chi connectivity index (χ4v) is 4.05. The normalized spacial score (nSPS) is 15.6. The van der Waals surface area contributed by atoms with Crippen molar-refractivity contribution in [1.82, 2.24) is 14.7 Å². The van der Waals surface area contributed by atoms with Gasteiger partial charge in [-0.2, -0.15) is 5.10 Å². The van der Waals surface area contributed by atoms with Crippen molar-refractivity contribution in [2.24, 2.45) is 5.92 Å². The molecule has 6 nitrogen and oxygen atoms in total. The first-order valence-corrected chi connectivity index (χ1v) is 10.3. The zero-order valence-corrected chi connectivity index (χ0v) is 17.2. The summed E-state index contributed by atoms with van der Waals surface area (Å²) in [5, 5.41) is 14.8. The van der Waals surface area contributed by atoms with Gasteiger partial charge in [0.1, 0.15) is 11.5 Å². The van der Waals surface area contributed by atoms with Crippen LogP contribution in [0, 0.1) is 18.7 Å². The molecule has 1 aliphatic heterocycles. The summed E-state index contributed by atoms with van der Waals surface area (Å²) in [7, 11) is 0. The molecule has 0 radical (unpaired) electrons. The van der Waals surface area contributed by atoms with Gasteiger partial charge in [-0.3, -0.25) is 9.59 Å². The minimum absolute atomic E-state index is 0.0347. The fraction of sp³-hybridized carbons (Fsp3) is 0.292.